The Balaban J connectivity index is 2.24. The predicted octanol–water partition coefficient (Wildman–Crippen LogP) is 4.12. The van der Waals surface area contributed by atoms with E-state index in [1.54, 1.807) is 24.3 Å². The maximum Gasteiger partial charge on any atom is 0.406 e. The van der Waals surface area contributed by atoms with Crippen LogP contribution in [0.15, 0.2) is 34.8 Å². The summed E-state index contributed by atoms with van der Waals surface area (Å²) < 4.78 is 38.4. The third-order valence-electron chi connectivity index (χ3n) is 3.07. The van der Waals surface area contributed by atoms with Crippen LogP contribution >= 0.6 is 15.9 Å². The van der Waals surface area contributed by atoms with E-state index in [9.17, 15) is 18.0 Å². The summed E-state index contributed by atoms with van der Waals surface area (Å²) in [7, 11) is 0. The van der Waals surface area contributed by atoms with Crippen LogP contribution in [0.5, 0.6) is 0 Å². The fraction of sp³-hybridized carbons (Fsp3) is 0.154. The fourth-order valence-electron chi connectivity index (χ4n) is 2.35. The van der Waals surface area contributed by atoms with Crippen molar-refractivity contribution in [1.82, 2.24) is 0 Å². The van der Waals surface area contributed by atoms with Gasteiger partial charge in [0.15, 0.2) is 0 Å². The van der Waals surface area contributed by atoms with Gasteiger partial charge in [-0.2, -0.15) is 13.2 Å². The van der Waals surface area contributed by atoms with Crippen LogP contribution in [0.2, 0.25) is 0 Å². The Labute approximate surface area is 114 Å². The molecule has 2 aromatic carbocycles. The number of amides is 1. The van der Waals surface area contributed by atoms with E-state index in [1.165, 1.54) is 6.07 Å². The highest BCUT2D eigenvalue weighted by Crippen LogP contribution is 2.41. The SMILES string of the molecule is O=C1c2cccc3c(Br)ccc(c23)N1CC(F)(F)F. The first-order valence-electron chi connectivity index (χ1n) is 5.48. The lowest BCUT2D eigenvalue weighted by atomic mass is 10.1. The second-order valence-corrected chi connectivity index (χ2v) is 5.16. The van der Waals surface area contributed by atoms with Gasteiger partial charge in [0.2, 0.25) is 0 Å². The third-order valence-corrected chi connectivity index (χ3v) is 3.76. The lowest BCUT2D eigenvalue weighted by Crippen LogP contribution is -2.36. The zero-order valence-corrected chi connectivity index (χ0v) is 11.0. The van der Waals surface area contributed by atoms with E-state index in [2.05, 4.69) is 15.9 Å². The van der Waals surface area contributed by atoms with Crippen LogP contribution in [0.1, 0.15) is 10.4 Å². The largest absolute Gasteiger partial charge is 0.406 e. The molecule has 19 heavy (non-hydrogen) atoms. The zero-order chi connectivity index (χ0) is 13.8. The molecule has 1 heterocycles. The normalized spacial score (nSPS) is 14.5. The molecular weight excluding hydrogens is 323 g/mol. The highest BCUT2D eigenvalue weighted by Gasteiger charge is 2.38. The van der Waals surface area contributed by atoms with Gasteiger partial charge < -0.3 is 0 Å². The van der Waals surface area contributed by atoms with Gasteiger partial charge in [-0.3, -0.25) is 9.69 Å². The second-order valence-electron chi connectivity index (χ2n) is 4.30. The Hall–Kier alpha value is -1.56. The third kappa shape index (κ3) is 1.90. The number of carbonyl (C=O) groups excluding carboxylic acids is 1. The summed E-state index contributed by atoms with van der Waals surface area (Å²) in [6, 6.07) is 8.19. The first-order chi connectivity index (χ1) is 8.88. The van der Waals surface area contributed by atoms with Crippen LogP contribution in [0.3, 0.4) is 0 Å². The molecule has 2 nitrogen and oxygen atoms in total. The molecule has 3 rings (SSSR count). The quantitative estimate of drug-likeness (QED) is 0.770. The van der Waals surface area contributed by atoms with Gasteiger partial charge in [0.05, 0.1) is 5.69 Å². The first-order valence-corrected chi connectivity index (χ1v) is 6.27. The topological polar surface area (TPSA) is 20.3 Å². The smallest absolute Gasteiger partial charge is 0.299 e. The molecule has 0 saturated heterocycles. The van der Waals surface area contributed by atoms with Crippen LogP contribution < -0.4 is 4.90 Å². The molecule has 0 aromatic heterocycles. The van der Waals surface area contributed by atoms with Crippen molar-refractivity contribution in [3.8, 4) is 0 Å². The van der Waals surface area contributed by atoms with Gasteiger partial charge in [-0.15, -0.1) is 0 Å². The highest BCUT2D eigenvalue weighted by atomic mass is 79.9. The number of alkyl halides is 3. The van der Waals surface area contributed by atoms with Crippen LogP contribution in [0.25, 0.3) is 10.8 Å². The number of hydrogen-bond donors (Lipinski definition) is 0. The summed E-state index contributed by atoms with van der Waals surface area (Å²) in [6.45, 7) is -1.27. The first kappa shape index (κ1) is 12.5. The van der Waals surface area contributed by atoms with Crippen LogP contribution in [-0.2, 0) is 0 Å². The highest BCUT2D eigenvalue weighted by molar-refractivity contribution is 9.10. The Morgan fingerprint density at radius 3 is 2.58 bits per heavy atom. The Morgan fingerprint density at radius 1 is 1.16 bits per heavy atom. The molecule has 2 aromatic rings. The molecule has 1 aliphatic rings. The minimum Gasteiger partial charge on any atom is -0.299 e. The van der Waals surface area contributed by atoms with E-state index < -0.39 is 18.6 Å². The summed E-state index contributed by atoms with van der Waals surface area (Å²) in [5.74, 6) is -0.601. The number of anilines is 1. The summed E-state index contributed by atoms with van der Waals surface area (Å²) in [4.78, 5) is 12.9. The van der Waals surface area contributed by atoms with Gasteiger partial charge in [-0.1, -0.05) is 28.1 Å². The second kappa shape index (κ2) is 3.96. The Kier molecular flexibility index (Phi) is 2.60. The lowest BCUT2D eigenvalue weighted by Gasteiger charge is -2.19. The van der Waals surface area contributed by atoms with Gasteiger partial charge in [0, 0.05) is 15.4 Å². The van der Waals surface area contributed by atoms with Crippen molar-refractivity contribution in [1.29, 1.82) is 0 Å². The van der Waals surface area contributed by atoms with Crippen molar-refractivity contribution in [2.45, 2.75) is 6.18 Å². The molecule has 1 amide bonds. The summed E-state index contributed by atoms with van der Waals surface area (Å²) in [5.41, 5.74) is 0.633. The van der Waals surface area contributed by atoms with E-state index in [0.717, 1.165) is 14.8 Å². The van der Waals surface area contributed by atoms with E-state index in [0.29, 0.717) is 16.6 Å². The monoisotopic (exact) mass is 329 g/mol. The molecule has 0 bridgehead atoms. The van der Waals surface area contributed by atoms with Crippen LogP contribution in [0, 0.1) is 0 Å². The number of carbonyl (C=O) groups is 1. The van der Waals surface area contributed by atoms with Crippen molar-refractivity contribution < 1.29 is 18.0 Å². The Bertz CT molecular complexity index is 696. The molecule has 0 spiro atoms. The summed E-state index contributed by atoms with van der Waals surface area (Å²) in [5, 5.41) is 1.32. The molecule has 0 N–H and O–H groups in total. The minimum atomic E-state index is -4.42. The van der Waals surface area contributed by atoms with E-state index in [-0.39, 0.29) is 0 Å². The molecular formula is C13H7BrF3NO. The van der Waals surface area contributed by atoms with Crippen molar-refractivity contribution >= 4 is 38.3 Å². The molecule has 1 aliphatic heterocycles. The van der Waals surface area contributed by atoms with Crippen LogP contribution in [-0.4, -0.2) is 18.6 Å². The molecule has 6 heteroatoms. The number of benzene rings is 2. The number of rotatable bonds is 1. The van der Waals surface area contributed by atoms with Gasteiger partial charge in [0.25, 0.3) is 5.91 Å². The maximum atomic E-state index is 12.6. The molecule has 0 radical (unpaired) electrons. The van der Waals surface area contributed by atoms with Gasteiger partial charge >= 0.3 is 6.18 Å². The molecule has 0 unspecified atom stereocenters. The molecule has 98 valence electrons. The van der Waals surface area contributed by atoms with Gasteiger partial charge in [-0.25, -0.2) is 0 Å². The maximum absolute atomic E-state index is 12.6. The minimum absolute atomic E-state index is 0.316. The van der Waals surface area contributed by atoms with E-state index in [1.807, 2.05) is 0 Å². The zero-order valence-electron chi connectivity index (χ0n) is 9.46. The van der Waals surface area contributed by atoms with Crippen molar-refractivity contribution in [2.24, 2.45) is 0 Å². The van der Waals surface area contributed by atoms with Crippen LogP contribution in [0.4, 0.5) is 18.9 Å². The lowest BCUT2D eigenvalue weighted by molar-refractivity contribution is -0.118. The average molecular weight is 330 g/mol. The average Bonchev–Trinajstić information content (AvgIpc) is 2.59. The number of hydrogen-bond acceptors (Lipinski definition) is 1. The fourth-order valence-corrected chi connectivity index (χ4v) is 2.81. The van der Waals surface area contributed by atoms with E-state index in [4.69, 9.17) is 0 Å². The molecule has 0 atom stereocenters. The molecule has 0 fully saturated rings. The summed E-state index contributed by atoms with van der Waals surface area (Å²) >= 11 is 3.34. The van der Waals surface area contributed by atoms with Gasteiger partial charge in [0.1, 0.15) is 6.54 Å². The summed E-state index contributed by atoms with van der Waals surface area (Å²) in [6.07, 6.45) is -4.42. The van der Waals surface area contributed by atoms with Crippen molar-refractivity contribution in [3.63, 3.8) is 0 Å². The van der Waals surface area contributed by atoms with Crippen molar-refractivity contribution in [3.05, 3.63) is 40.4 Å². The number of nitrogens with zero attached hydrogens (tertiary/aromatic N) is 1. The molecule has 0 aliphatic carbocycles. The molecule has 0 saturated carbocycles. The van der Waals surface area contributed by atoms with Crippen molar-refractivity contribution in [2.75, 3.05) is 11.4 Å². The van der Waals surface area contributed by atoms with E-state index >= 15 is 0 Å². The Morgan fingerprint density at radius 2 is 1.89 bits per heavy atom. The standard InChI is InChI=1S/C13H7BrF3NO/c14-9-4-5-10-11-7(9)2-1-3-8(11)12(19)18(10)6-13(15,16)17/h1-5H,6H2. The number of halogens is 4. The predicted molar refractivity (Wildman–Crippen MR) is 69.4 cm³/mol. The van der Waals surface area contributed by atoms with Gasteiger partial charge in [-0.05, 0) is 23.6 Å².